The Balaban J connectivity index is 1.55. The van der Waals surface area contributed by atoms with Gasteiger partial charge < -0.3 is 14.4 Å². The molecule has 1 aliphatic rings. The molecule has 146 valence electrons. The average molecular weight is 372 g/mol. The van der Waals surface area contributed by atoms with Gasteiger partial charge in [-0.05, 0) is 50.8 Å². The Labute approximate surface area is 160 Å². The topological polar surface area (TPSA) is 80.3 Å². The van der Waals surface area contributed by atoms with Gasteiger partial charge in [0, 0.05) is 18.7 Å². The minimum Gasteiger partial charge on any atom is -0.494 e. The first kappa shape index (κ1) is 19.4. The van der Waals surface area contributed by atoms with Gasteiger partial charge in [-0.25, -0.2) is 4.79 Å². The fourth-order valence-electron chi connectivity index (χ4n) is 3.48. The lowest BCUT2D eigenvalue weighted by Gasteiger charge is -2.30. The molecule has 0 bridgehead atoms. The standard InChI is InChI=1S/C20H28N4O3/c1-3-26-20(25)19-18(21-23-22-19)16-8-4-9-17(13-16)27-12-6-11-24-10-5-7-15(2)14-24/h4,8-9,13,15H,3,5-7,10-12,14H2,1-2H3,(H,21,22,23). The van der Waals surface area contributed by atoms with Crippen molar-refractivity contribution in [2.24, 2.45) is 5.92 Å². The quantitative estimate of drug-likeness (QED) is 0.566. The maximum atomic E-state index is 12.0. The molecule has 1 aromatic heterocycles. The molecule has 0 saturated carbocycles. The van der Waals surface area contributed by atoms with Crippen molar-refractivity contribution in [1.82, 2.24) is 20.3 Å². The van der Waals surface area contributed by atoms with Gasteiger partial charge in [0.25, 0.3) is 0 Å². The number of piperidine rings is 1. The summed E-state index contributed by atoms with van der Waals surface area (Å²) in [5.74, 6) is 1.08. The van der Waals surface area contributed by atoms with Crippen LogP contribution in [-0.4, -0.2) is 59.1 Å². The number of nitrogens with zero attached hydrogens (tertiary/aromatic N) is 3. The van der Waals surface area contributed by atoms with E-state index in [0.29, 0.717) is 18.9 Å². The number of carbonyl (C=O) groups excluding carboxylic acids is 1. The summed E-state index contributed by atoms with van der Waals surface area (Å²) in [4.78, 5) is 14.5. The minimum atomic E-state index is -0.483. The van der Waals surface area contributed by atoms with E-state index in [1.54, 1.807) is 6.92 Å². The molecule has 27 heavy (non-hydrogen) atoms. The first-order chi connectivity index (χ1) is 13.2. The van der Waals surface area contributed by atoms with Crippen molar-refractivity contribution in [2.45, 2.75) is 33.1 Å². The first-order valence-corrected chi connectivity index (χ1v) is 9.71. The van der Waals surface area contributed by atoms with Crippen LogP contribution in [0, 0.1) is 5.92 Å². The highest BCUT2D eigenvalue weighted by Crippen LogP contribution is 2.25. The number of H-pyrrole nitrogens is 1. The highest BCUT2D eigenvalue weighted by molar-refractivity contribution is 5.93. The zero-order valence-electron chi connectivity index (χ0n) is 16.1. The Morgan fingerprint density at radius 1 is 1.37 bits per heavy atom. The van der Waals surface area contributed by atoms with Crippen LogP contribution in [0.25, 0.3) is 11.3 Å². The van der Waals surface area contributed by atoms with Crippen molar-refractivity contribution in [1.29, 1.82) is 0 Å². The Hall–Kier alpha value is -2.41. The van der Waals surface area contributed by atoms with Gasteiger partial charge in [0.15, 0.2) is 5.69 Å². The van der Waals surface area contributed by atoms with E-state index in [2.05, 4.69) is 27.2 Å². The number of rotatable bonds is 8. The molecule has 1 atom stereocenters. The highest BCUT2D eigenvalue weighted by Gasteiger charge is 2.19. The van der Waals surface area contributed by atoms with Crippen molar-refractivity contribution >= 4 is 5.97 Å². The zero-order valence-corrected chi connectivity index (χ0v) is 16.1. The smallest absolute Gasteiger partial charge is 0.361 e. The van der Waals surface area contributed by atoms with Gasteiger partial charge in [-0.3, -0.25) is 0 Å². The summed E-state index contributed by atoms with van der Waals surface area (Å²) >= 11 is 0. The summed E-state index contributed by atoms with van der Waals surface area (Å²) in [5.41, 5.74) is 1.43. The normalized spacial score (nSPS) is 17.6. The molecular weight excluding hydrogens is 344 g/mol. The number of hydrogen-bond acceptors (Lipinski definition) is 6. The third-order valence-electron chi connectivity index (χ3n) is 4.75. The van der Waals surface area contributed by atoms with Gasteiger partial charge in [0.05, 0.1) is 13.2 Å². The number of nitrogens with one attached hydrogen (secondary N) is 1. The number of hydrogen-bond donors (Lipinski definition) is 1. The zero-order chi connectivity index (χ0) is 19.1. The van der Waals surface area contributed by atoms with Crippen LogP contribution in [0.4, 0.5) is 0 Å². The van der Waals surface area contributed by atoms with Crippen LogP contribution in [0.1, 0.15) is 43.6 Å². The molecule has 1 N–H and O–H groups in total. The van der Waals surface area contributed by atoms with Gasteiger partial charge in [-0.1, -0.05) is 19.1 Å². The molecule has 1 unspecified atom stereocenters. The Morgan fingerprint density at radius 3 is 3.07 bits per heavy atom. The Bertz CT molecular complexity index is 746. The van der Waals surface area contributed by atoms with E-state index in [-0.39, 0.29) is 5.69 Å². The molecule has 1 aromatic carbocycles. The summed E-state index contributed by atoms with van der Waals surface area (Å²) in [7, 11) is 0. The lowest BCUT2D eigenvalue weighted by atomic mass is 10.0. The molecule has 7 heteroatoms. The Morgan fingerprint density at radius 2 is 2.26 bits per heavy atom. The van der Waals surface area contributed by atoms with E-state index in [9.17, 15) is 4.79 Å². The number of carbonyl (C=O) groups is 1. The molecule has 2 heterocycles. The molecule has 0 amide bonds. The predicted molar refractivity (Wildman–Crippen MR) is 103 cm³/mol. The van der Waals surface area contributed by atoms with Crippen molar-refractivity contribution in [3.63, 3.8) is 0 Å². The van der Waals surface area contributed by atoms with Crippen molar-refractivity contribution in [3.05, 3.63) is 30.0 Å². The monoisotopic (exact) mass is 372 g/mol. The maximum absolute atomic E-state index is 12.0. The number of aromatic amines is 1. The second-order valence-electron chi connectivity index (χ2n) is 7.02. The van der Waals surface area contributed by atoms with Crippen LogP contribution < -0.4 is 4.74 Å². The summed E-state index contributed by atoms with van der Waals surface area (Å²) in [5, 5.41) is 10.5. The molecule has 1 saturated heterocycles. The summed E-state index contributed by atoms with van der Waals surface area (Å²) in [6, 6.07) is 7.56. The third-order valence-corrected chi connectivity index (χ3v) is 4.75. The maximum Gasteiger partial charge on any atom is 0.361 e. The van der Waals surface area contributed by atoms with E-state index >= 15 is 0 Å². The average Bonchev–Trinajstić information content (AvgIpc) is 3.16. The van der Waals surface area contributed by atoms with Gasteiger partial charge in [-0.2, -0.15) is 10.3 Å². The van der Waals surface area contributed by atoms with Crippen LogP contribution in [0.15, 0.2) is 24.3 Å². The molecule has 1 fully saturated rings. The van der Waals surface area contributed by atoms with Gasteiger partial charge >= 0.3 is 5.97 Å². The van der Waals surface area contributed by atoms with Crippen LogP contribution in [0.2, 0.25) is 0 Å². The fraction of sp³-hybridized carbons (Fsp3) is 0.550. The molecule has 0 aliphatic carbocycles. The van der Waals surface area contributed by atoms with E-state index in [0.717, 1.165) is 30.2 Å². The van der Waals surface area contributed by atoms with Crippen LogP contribution in [-0.2, 0) is 4.74 Å². The molecule has 0 spiro atoms. The molecule has 3 rings (SSSR count). The molecule has 0 radical (unpaired) electrons. The molecule has 2 aromatic rings. The minimum absolute atomic E-state index is 0.188. The number of aromatic nitrogens is 3. The lowest BCUT2D eigenvalue weighted by molar-refractivity contribution is 0.0520. The van der Waals surface area contributed by atoms with Gasteiger partial charge in [0.1, 0.15) is 11.4 Å². The van der Waals surface area contributed by atoms with Crippen LogP contribution in [0.3, 0.4) is 0 Å². The summed E-state index contributed by atoms with van der Waals surface area (Å²) in [6.07, 6.45) is 3.63. The summed E-state index contributed by atoms with van der Waals surface area (Å²) in [6.45, 7) is 8.50. The summed E-state index contributed by atoms with van der Waals surface area (Å²) < 4.78 is 10.9. The van der Waals surface area contributed by atoms with E-state index in [1.807, 2.05) is 24.3 Å². The first-order valence-electron chi connectivity index (χ1n) is 9.71. The second kappa shape index (κ2) is 9.50. The van der Waals surface area contributed by atoms with Crippen molar-refractivity contribution in [3.8, 4) is 17.0 Å². The largest absolute Gasteiger partial charge is 0.494 e. The third kappa shape index (κ3) is 5.29. The number of ether oxygens (including phenoxy) is 2. The molecule has 7 nitrogen and oxygen atoms in total. The van der Waals surface area contributed by atoms with Gasteiger partial charge in [-0.15, -0.1) is 5.10 Å². The number of benzene rings is 1. The fourth-order valence-corrected chi connectivity index (χ4v) is 3.48. The van der Waals surface area contributed by atoms with E-state index in [1.165, 1.54) is 25.9 Å². The number of likely N-dealkylation sites (tertiary alicyclic amines) is 1. The Kier molecular flexibility index (Phi) is 6.81. The SMILES string of the molecule is CCOC(=O)c1n[nH]nc1-c1cccc(OCCCN2CCCC(C)C2)c1. The van der Waals surface area contributed by atoms with Gasteiger partial charge in [0.2, 0.25) is 0 Å². The van der Waals surface area contributed by atoms with Crippen LogP contribution >= 0.6 is 0 Å². The van der Waals surface area contributed by atoms with E-state index < -0.39 is 5.97 Å². The molecule has 1 aliphatic heterocycles. The van der Waals surface area contributed by atoms with Crippen LogP contribution in [0.5, 0.6) is 5.75 Å². The highest BCUT2D eigenvalue weighted by atomic mass is 16.5. The van der Waals surface area contributed by atoms with E-state index in [4.69, 9.17) is 9.47 Å². The van der Waals surface area contributed by atoms with Crippen molar-refractivity contribution in [2.75, 3.05) is 32.8 Å². The number of esters is 1. The van der Waals surface area contributed by atoms with Crippen molar-refractivity contribution < 1.29 is 14.3 Å². The lowest BCUT2D eigenvalue weighted by Crippen LogP contribution is -2.35. The predicted octanol–water partition coefficient (Wildman–Crippen LogP) is 3.15. The second-order valence-corrected chi connectivity index (χ2v) is 7.02. The molecular formula is C20H28N4O3.